The molecule has 9 nitrogen and oxygen atoms in total. The zero-order chi connectivity index (χ0) is 33.8. The molecule has 0 saturated carbocycles. The first kappa shape index (κ1) is 9.09. The van der Waals surface area contributed by atoms with Gasteiger partial charge in [0, 0.05) is 65.0 Å². The number of para-hydroxylation sites is 1. The Hall–Kier alpha value is -2.52. The fraction of sp³-hybridized carbons (Fsp3) is 0.600. The minimum atomic E-state index is -3.75. The van der Waals surface area contributed by atoms with Crippen LogP contribution in [0.5, 0.6) is 0 Å². The Labute approximate surface area is 191 Å². The summed E-state index contributed by atoms with van der Waals surface area (Å²) in [6, 6.07) is -4.90. The summed E-state index contributed by atoms with van der Waals surface area (Å²) < 4.78 is 127. The smallest absolute Gasteiger partial charge is 0.358 e. The van der Waals surface area contributed by atoms with Crippen molar-refractivity contribution in [2.45, 2.75) is 51.8 Å². The first-order chi connectivity index (χ1) is 19.9. The number of anilines is 1. The van der Waals surface area contributed by atoms with E-state index < -0.39 is 99.4 Å². The van der Waals surface area contributed by atoms with Gasteiger partial charge in [0.05, 0.1) is 20.2 Å². The van der Waals surface area contributed by atoms with Gasteiger partial charge in [0.15, 0.2) is 0 Å². The number of carbonyl (C=O) groups is 1. The van der Waals surface area contributed by atoms with E-state index in [-0.39, 0.29) is 24.5 Å². The Morgan fingerprint density at radius 3 is 2.66 bits per heavy atom. The summed E-state index contributed by atoms with van der Waals surface area (Å²) in [5, 5.41) is 7.14. The topological polar surface area (TPSA) is 85.5 Å². The average Bonchev–Trinajstić information content (AvgIpc) is 3.29. The SMILES string of the molecule is [2H]c1c([2H])c([2H])c(N(C(=O)C([2H])([2H])C([2H])([2H])[2H])C2(OC([2H])([2H])[2H])CCN(CC([2H])([2H])n3nnn(CC)c3=O)CC2)c([2H])c1[2H]. The molecule has 0 atom stereocenters. The minimum Gasteiger partial charge on any atom is -0.358 e. The Balaban J connectivity index is 2.17. The molecule has 2 heterocycles. The fourth-order valence-corrected chi connectivity index (χ4v) is 3.07. The first-order valence-corrected chi connectivity index (χ1v) is 8.79. The van der Waals surface area contributed by atoms with Crippen molar-refractivity contribution in [1.29, 1.82) is 0 Å². The number of nitrogens with zero attached hydrogens (tertiary/aromatic N) is 6. The lowest BCUT2D eigenvalue weighted by Gasteiger charge is -2.47. The van der Waals surface area contributed by atoms with Gasteiger partial charge in [-0.15, -0.1) is 0 Å². The molecular weight excluding hydrogens is 372 g/mol. The molecule has 0 bridgehead atoms. The second-order valence-corrected chi connectivity index (χ2v) is 6.21. The second-order valence-electron chi connectivity index (χ2n) is 6.21. The molecule has 158 valence electrons. The zero-order valence-electron chi connectivity index (χ0n) is 30.7. The molecule has 1 aliphatic rings. The number of hydrogen-bond acceptors (Lipinski definition) is 6. The van der Waals surface area contributed by atoms with Crippen LogP contribution in [0.25, 0.3) is 0 Å². The molecule has 0 N–H and O–H groups in total. The summed E-state index contributed by atoms with van der Waals surface area (Å²) in [5.74, 6) is -1.94. The summed E-state index contributed by atoms with van der Waals surface area (Å²) in [7, 11) is -3.33. The fourth-order valence-electron chi connectivity index (χ4n) is 3.07. The summed E-state index contributed by atoms with van der Waals surface area (Å²) in [6.07, 6.45) is -4.91. The molecule has 29 heavy (non-hydrogen) atoms. The highest BCUT2D eigenvalue weighted by atomic mass is 16.5. The molecule has 0 aliphatic carbocycles. The van der Waals surface area contributed by atoms with E-state index in [1.54, 1.807) is 6.92 Å². The number of likely N-dealkylation sites (tertiary alicyclic amines) is 1. The minimum absolute atomic E-state index is 0.123. The molecule has 2 aromatic rings. The van der Waals surface area contributed by atoms with Crippen LogP contribution in [0.3, 0.4) is 0 Å². The lowest BCUT2D eigenvalue weighted by Crippen LogP contribution is -2.59. The molecule has 3 rings (SSSR count). The highest BCUT2D eigenvalue weighted by Gasteiger charge is 2.43. The van der Waals surface area contributed by atoms with E-state index in [1.165, 1.54) is 4.90 Å². The molecule has 1 aromatic heterocycles. The van der Waals surface area contributed by atoms with Gasteiger partial charge in [-0.3, -0.25) is 9.69 Å². The Morgan fingerprint density at radius 1 is 1.31 bits per heavy atom. The monoisotopic (exact) mass is 417 g/mol. The standard InChI is InChI=1S/C20H30N6O3/c1-4-18(27)26(17-9-7-6-8-10-17)20(29-3)11-13-23(14-12-20)15-16-25-19(28)24(5-2)21-22-25/h6-10H,4-5,11-16H2,1-3H3/i1D3,3D3,4D2,6D,7D,8D,9D,10D,16D2. The van der Waals surface area contributed by atoms with E-state index >= 15 is 0 Å². The predicted molar refractivity (Wildman–Crippen MR) is 110 cm³/mol. The molecule has 9 heteroatoms. The van der Waals surface area contributed by atoms with Crippen molar-refractivity contribution < 1.29 is 30.1 Å². The van der Waals surface area contributed by atoms with Crippen molar-refractivity contribution in [3.05, 3.63) is 40.7 Å². The van der Waals surface area contributed by atoms with Gasteiger partial charge in [-0.25, -0.2) is 4.79 Å². The lowest BCUT2D eigenvalue weighted by atomic mass is 9.96. The molecular formula is C20H30N6O3. The van der Waals surface area contributed by atoms with Crippen LogP contribution in [0.2, 0.25) is 0 Å². The number of hydrogen-bond donors (Lipinski definition) is 0. The lowest BCUT2D eigenvalue weighted by molar-refractivity contribution is -0.128. The molecule has 1 saturated heterocycles. The van der Waals surface area contributed by atoms with Crippen molar-refractivity contribution in [3.63, 3.8) is 0 Å². The van der Waals surface area contributed by atoms with E-state index in [1.807, 2.05) is 0 Å². The number of rotatable bonds is 8. The van der Waals surface area contributed by atoms with Crippen LogP contribution in [-0.4, -0.2) is 63.0 Å². The van der Waals surface area contributed by atoms with Gasteiger partial charge in [0.25, 0.3) is 0 Å². The third kappa shape index (κ3) is 4.40. The molecule has 0 radical (unpaired) electrons. The van der Waals surface area contributed by atoms with Crippen LogP contribution in [0.15, 0.2) is 35.0 Å². The molecule has 1 amide bonds. The molecule has 1 fully saturated rings. The first-order valence-electron chi connectivity index (χ1n) is 16.3. The van der Waals surface area contributed by atoms with Gasteiger partial charge < -0.3 is 9.64 Å². The number of aryl methyl sites for hydroxylation is 1. The van der Waals surface area contributed by atoms with E-state index in [0.29, 0.717) is 4.68 Å². The molecule has 1 aromatic carbocycles. The maximum Gasteiger partial charge on any atom is 0.363 e. The maximum absolute atomic E-state index is 13.8. The van der Waals surface area contributed by atoms with E-state index in [0.717, 1.165) is 4.68 Å². The van der Waals surface area contributed by atoms with Gasteiger partial charge in [0.1, 0.15) is 5.72 Å². The summed E-state index contributed by atoms with van der Waals surface area (Å²) >= 11 is 0. The predicted octanol–water partition coefficient (Wildman–Crippen LogP) is 1.34. The number of aromatic nitrogens is 4. The average molecular weight is 418 g/mol. The number of methoxy groups -OCH3 is 1. The Kier molecular flexibility index (Phi) is 2.92. The number of amides is 1. The van der Waals surface area contributed by atoms with Gasteiger partial charge in [-0.1, -0.05) is 25.0 Å². The van der Waals surface area contributed by atoms with Crippen LogP contribution < -0.4 is 10.6 Å². The quantitative estimate of drug-likeness (QED) is 0.603. The number of ether oxygens (including phenoxy) is 1. The van der Waals surface area contributed by atoms with Crippen molar-refractivity contribution in [2.24, 2.45) is 0 Å². The van der Waals surface area contributed by atoms with Gasteiger partial charge in [-0.05, 0) is 29.4 Å². The van der Waals surface area contributed by atoms with Gasteiger partial charge >= 0.3 is 5.69 Å². The van der Waals surface area contributed by atoms with Crippen LogP contribution in [-0.2, 0) is 22.6 Å². The van der Waals surface area contributed by atoms with E-state index in [2.05, 4.69) is 10.4 Å². The van der Waals surface area contributed by atoms with Crippen LogP contribution in [0.1, 0.15) is 53.6 Å². The summed E-state index contributed by atoms with van der Waals surface area (Å²) in [5.41, 5.74) is -4.33. The van der Waals surface area contributed by atoms with E-state index in [4.69, 9.17) is 25.3 Å². The maximum atomic E-state index is 13.8. The van der Waals surface area contributed by atoms with Gasteiger partial charge in [-0.2, -0.15) is 9.36 Å². The third-order valence-electron chi connectivity index (χ3n) is 4.64. The second kappa shape index (κ2) is 9.32. The van der Waals surface area contributed by atoms with Crippen molar-refractivity contribution in [1.82, 2.24) is 24.7 Å². The highest BCUT2D eigenvalue weighted by Crippen LogP contribution is 2.34. The van der Waals surface area contributed by atoms with Crippen molar-refractivity contribution in [3.8, 4) is 0 Å². The van der Waals surface area contributed by atoms with Crippen LogP contribution >= 0.6 is 0 Å². The summed E-state index contributed by atoms with van der Waals surface area (Å²) in [6.45, 7) is -5.46. The largest absolute Gasteiger partial charge is 0.363 e. The van der Waals surface area contributed by atoms with Crippen LogP contribution in [0.4, 0.5) is 5.69 Å². The van der Waals surface area contributed by atoms with Crippen LogP contribution in [0, 0.1) is 0 Å². The Bertz CT molecular complexity index is 1430. The molecule has 0 unspecified atom stereocenters. The molecule has 0 spiro atoms. The van der Waals surface area contributed by atoms with Crippen molar-refractivity contribution >= 4 is 11.6 Å². The number of tetrazole rings is 1. The number of piperidine rings is 1. The third-order valence-corrected chi connectivity index (χ3v) is 4.64. The van der Waals surface area contributed by atoms with E-state index in [9.17, 15) is 9.59 Å². The number of benzene rings is 1. The van der Waals surface area contributed by atoms with Gasteiger partial charge in [0.2, 0.25) is 5.91 Å². The normalized spacial score (nSPS) is 26.0. The Morgan fingerprint density at radius 2 is 2.03 bits per heavy atom. The highest BCUT2D eigenvalue weighted by molar-refractivity contribution is 5.94. The summed E-state index contributed by atoms with van der Waals surface area (Å²) in [4.78, 5) is 27.9. The molecule has 1 aliphatic heterocycles. The zero-order valence-corrected chi connectivity index (χ0v) is 15.7. The number of carbonyl (C=O) groups excluding carboxylic acids is 1. The van der Waals surface area contributed by atoms with Crippen molar-refractivity contribution in [2.75, 3.05) is 31.6 Å².